The van der Waals surface area contributed by atoms with Gasteiger partial charge >= 0.3 is 0 Å². The quantitative estimate of drug-likeness (QED) is 0.438. The largest absolute Gasteiger partial charge is 0.343 e. The van der Waals surface area contributed by atoms with Gasteiger partial charge in [0.1, 0.15) is 5.82 Å². The summed E-state index contributed by atoms with van der Waals surface area (Å²) in [5.74, 6) is 1.42. The summed E-state index contributed by atoms with van der Waals surface area (Å²) in [6, 6.07) is 13.9. The number of aryl methyl sites for hydroxylation is 3. The first-order valence-electron chi connectivity index (χ1n) is 12.4. The van der Waals surface area contributed by atoms with Crippen LogP contribution in [-0.2, 0) is 29.6 Å². The highest BCUT2D eigenvalue weighted by atomic mass is 16.2. The van der Waals surface area contributed by atoms with Crippen molar-refractivity contribution in [3.8, 4) is 0 Å². The Kier molecular flexibility index (Phi) is 6.53. The van der Waals surface area contributed by atoms with E-state index in [1.54, 1.807) is 0 Å². The van der Waals surface area contributed by atoms with Gasteiger partial charge in [0.15, 0.2) is 0 Å². The number of carbonyl (C=O) groups is 2. The molecule has 1 aliphatic heterocycles. The second-order valence-corrected chi connectivity index (χ2v) is 9.39. The molecule has 0 atom stereocenters. The van der Waals surface area contributed by atoms with Gasteiger partial charge in [0.2, 0.25) is 11.8 Å². The molecule has 1 aliphatic rings. The van der Waals surface area contributed by atoms with Crippen molar-refractivity contribution in [2.24, 2.45) is 13.0 Å². The summed E-state index contributed by atoms with van der Waals surface area (Å²) in [7, 11) is 2.00. The molecule has 3 heterocycles. The summed E-state index contributed by atoms with van der Waals surface area (Å²) in [4.78, 5) is 36.5. The van der Waals surface area contributed by atoms with Crippen LogP contribution in [0.5, 0.6) is 0 Å². The van der Waals surface area contributed by atoms with Crippen LogP contribution < -0.4 is 5.32 Å². The topological polar surface area (TPSA) is 85.1 Å². The Hall–Kier alpha value is -3.68. The number of rotatable bonds is 7. The zero-order valence-electron chi connectivity index (χ0n) is 20.4. The Morgan fingerprint density at radius 2 is 1.86 bits per heavy atom. The number of fused-ring (bicyclic) bond motifs is 2. The van der Waals surface area contributed by atoms with E-state index < -0.39 is 0 Å². The Morgan fingerprint density at radius 3 is 2.63 bits per heavy atom. The van der Waals surface area contributed by atoms with Crippen LogP contribution in [0.2, 0.25) is 0 Å². The van der Waals surface area contributed by atoms with Gasteiger partial charge in [-0.15, -0.1) is 0 Å². The van der Waals surface area contributed by atoms with Gasteiger partial charge in [0.05, 0.1) is 28.4 Å². The highest BCUT2D eigenvalue weighted by Gasteiger charge is 2.24. The summed E-state index contributed by atoms with van der Waals surface area (Å²) >= 11 is 0. The maximum absolute atomic E-state index is 12.8. The van der Waals surface area contributed by atoms with Crippen molar-refractivity contribution in [3.05, 3.63) is 54.6 Å². The molecule has 4 aromatic rings. The van der Waals surface area contributed by atoms with Gasteiger partial charge in [0, 0.05) is 51.6 Å². The second-order valence-electron chi connectivity index (χ2n) is 9.39. The number of likely N-dealkylation sites (tertiary alicyclic amines) is 1. The average Bonchev–Trinajstić information content (AvgIpc) is 3.43. The molecule has 2 aromatic heterocycles. The van der Waals surface area contributed by atoms with Crippen LogP contribution in [0.25, 0.3) is 22.1 Å². The number of carbonyl (C=O) groups excluding carboxylic acids is 2. The van der Waals surface area contributed by atoms with E-state index in [1.165, 1.54) is 0 Å². The van der Waals surface area contributed by atoms with Crippen molar-refractivity contribution in [1.82, 2.24) is 24.0 Å². The lowest BCUT2D eigenvalue weighted by Gasteiger charge is -2.31. The highest BCUT2D eigenvalue weighted by molar-refractivity contribution is 5.93. The molecule has 0 bridgehead atoms. The van der Waals surface area contributed by atoms with E-state index in [-0.39, 0.29) is 11.8 Å². The predicted octanol–water partition coefficient (Wildman–Crippen LogP) is 4.14. The first-order chi connectivity index (χ1) is 17.0. The number of hydrogen-bond acceptors (Lipinski definition) is 4. The Morgan fingerprint density at radius 1 is 1.06 bits per heavy atom. The summed E-state index contributed by atoms with van der Waals surface area (Å²) in [6.07, 6.45) is 5.09. The van der Waals surface area contributed by atoms with Gasteiger partial charge in [-0.05, 0) is 56.0 Å². The fourth-order valence-corrected chi connectivity index (χ4v) is 5.05. The van der Waals surface area contributed by atoms with Gasteiger partial charge in [-0.25, -0.2) is 9.97 Å². The van der Waals surface area contributed by atoms with E-state index in [0.717, 1.165) is 53.0 Å². The number of imidazole rings is 2. The third-order valence-corrected chi connectivity index (χ3v) is 7.13. The van der Waals surface area contributed by atoms with Crippen LogP contribution >= 0.6 is 0 Å². The smallest absolute Gasteiger partial charge is 0.224 e. The average molecular weight is 473 g/mol. The molecular weight excluding hydrogens is 440 g/mol. The zero-order chi connectivity index (χ0) is 24.4. The van der Waals surface area contributed by atoms with Crippen LogP contribution in [0.4, 0.5) is 5.69 Å². The number of amides is 2. The molecule has 1 fully saturated rings. The van der Waals surface area contributed by atoms with Gasteiger partial charge in [-0.2, -0.15) is 0 Å². The zero-order valence-corrected chi connectivity index (χ0v) is 20.4. The number of anilines is 1. The minimum atomic E-state index is 0.0194. The van der Waals surface area contributed by atoms with Crippen molar-refractivity contribution in [2.45, 2.75) is 45.6 Å². The lowest BCUT2D eigenvalue weighted by molar-refractivity contribution is -0.132. The molecule has 0 radical (unpaired) electrons. The van der Waals surface area contributed by atoms with Crippen LogP contribution in [0, 0.1) is 5.92 Å². The molecule has 8 heteroatoms. The number of benzene rings is 2. The first kappa shape index (κ1) is 23.1. The van der Waals surface area contributed by atoms with E-state index in [0.29, 0.717) is 38.3 Å². The van der Waals surface area contributed by atoms with Crippen LogP contribution in [0.1, 0.15) is 38.4 Å². The van der Waals surface area contributed by atoms with Gasteiger partial charge in [-0.1, -0.05) is 12.1 Å². The number of piperidine rings is 1. The molecule has 0 spiro atoms. The van der Waals surface area contributed by atoms with Gasteiger partial charge < -0.3 is 19.4 Å². The van der Waals surface area contributed by atoms with Crippen molar-refractivity contribution in [2.75, 3.05) is 18.4 Å². The molecule has 2 amide bonds. The number of hydrogen-bond donors (Lipinski definition) is 1. The van der Waals surface area contributed by atoms with E-state index in [2.05, 4.69) is 31.3 Å². The molecule has 1 saturated heterocycles. The van der Waals surface area contributed by atoms with E-state index in [1.807, 2.05) is 60.7 Å². The molecule has 8 nitrogen and oxygen atoms in total. The molecule has 1 N–H and O–H groups in total. The molecular formula is C27H32N6O2. The fraction of sp³-hybridized carbons (Fsp3) is 0.407. The van der Waals surface area contributed by atoms with Gasteiger partial charge in [0.25, 0.3) is 0 Å². The summed E-state index contributed by atoms with van der Waals surface area (Å²) in [6.45, 7) is 4.36. The minimum Gasteiger partial charge on any atom is -0.343 e. The first-order valence-corrected chi connectivity index (χ1v) is 12.4. The van der Waals surface area contributed by atoms with E-state index >= 15 is 0 Å². The van der Waals surface area contributed by atoms with Crippen LogP contribution in [0.15, 0.2) is 48.8 Å². The van der Waals surface area contributed by atoms with Gasteiger partial charge in [-0.3, -0.25) is 9.59 Å². The summed E-state index contributed by atoms with van der Waals surface area (Å²) in [5.41, 5.74) is 4.78. The number of aromatic nitrogens is 4. The van der Waals surface area contributed by atoms with Crippen molar-refractivity contribution in [3.63, 3.8) is 0 Å². The monoisotopic (exact) mass is 472 g/mol. The molecule has 0 saturated carbocycles. The van der Waals surface area contributed by atoms with Crippen molar-refractivity contribution < 1.29 is 9.59 Å². The predicted molar refractivity (Wildman–Crippen MR) is 137 cm³/mol. The SMILES string of the molecule is CCn1cnc2cc(NC(=O)CC3CCN(C(=O)CCc4nc5ccccc5n4C)CC3)ccc21. The number of nitrogens with one attached hydrogen (secondary N) is 1. The third-order valence-electron chi connectivity index (χ3n) is 7.13. The molecule has 0 unspecified atom stereocenters. The minimum absolute atomic E-state index is 0.0194. The molecule has 182 valence electrons. The second kappa shape index (κ2) is 9.90. The molecule has 5 rings (SSSR count). The lowest BCUT2D eigenvalue weighted by Crippen LogP contribution is -2.39. The maximum Gasteiger partial charge on any atom is 0.224 e. The van der Waals surface area contributed by atoms with Crippen molar-refractivity contribution >= 4 is 39.6 Å². The Balaban J connectivity index is 1.08. The highest BCUT2D eigenvalue weighted by Crippen LogP contribution is 2.24. The molecule has 0 aliphatic carbocycles. The Bertz CT molecular complexity index is 1360. The normalized spacial score (nSPS) is 14.6. The van der Waals surface area contributed by atoms with Crippen LogP contribution in [0.3, 0.4) is 0 Å². The van der Waals surface area contributed by atoms with E-state index in [4.69, 9.17) is 0 Å². The summed E-state index contributed by atoms with van der Waals surface area (Å²) in [5, 5.41) is 3.02. The van der Waals surface area contributed by atoms with Crippen LogP contribution in [-0.4, -0.2) is 48.9 Å². The lowest BCUT2D eigenvalue weighted by atomic mass is 9.93. The standard InChI is InChI=1S/C27H32N6O2/c1-3-32-18-28-22-17-20(8-9-24(22)32)29-26(34)16-19-12-14-33(15-13-19)27(35)11-10-25-30-21-6-4-5-7-23(21)31(25)2/h4-9,17-19H,3,10-16H2,1-2H3,(H,29,34). The Labute approximate surface area is 205 Å². The summed E-state index contributed by atoms with van der Waals surface area (Å²) < 4.78 is 4.15. The van der Waals surface area contributed by atoms with Crippen molar-refractivity contribution in [1.29, 1.82) is 0 Å². The molecule has 2 aromatic carbocycles. The fourth-order valence-electron chi connectivity index (χ4n) is 5.05. The number of nitrogens with zero attached hydrogens (tertiary/aromatic N) is 5. The third kappa shape index (κ3) is 4.92. The maximum atomic E-state index is 12.8. The molecule has 35 heavy (non-hydrogen) atoms. The van der Waals surface area contributed by atoms with E-state index in [9.17, 15) is 9.59 Å². The number of para-hydroxylation sites is 2.